The maximum absolute atomic E-state index is 5.43. The van der Waals surface area contributed by atoms with Crippen molar-refractivity contribution < 1.29 is 0 Å². The van der Waals surface area contributed by atoms with Crippen LogP contribution >= 0.6 is 12.2 Å². The van der Waals surface area contributed by atoms with Gasteiger partial charge in [-0.05, 0) is 44.5 Å². The lowest BCUT2D eigenvalue weighted by molar-refractivity contribution is 0.285. The highest BCUT2D eigenvalue weighted by atomic mass is 32.1. The van der Waals surface area contributed by atoms with Crippen molar-refractivity contribution in [1.82, 2.24) is 10.2 Å². The van der Waals surface area contributed by atoms with Crippen molar-refractivity contribution in [2.75, 3.05) is 26.2 Å². The molecule has 0 saturated carbocycles. The first-order valence-corrected chi connectivity index (χ1v) is 7.70. The van der Waals surface area contributed by atoms with Gasteiger partial charge in [0, 0.05) is 17.5 Å². The van der Waals surface area contributed by atoms with Gasteiger partial charge in [-0.25, -0.2) is 0 Å². The van der Waals surface area contributed by atoms with Crippen LogP contribution in [0.2, 0.25) is 0 Å². The first-order chi connectivity index (χ1) is 9.19. The van der Waals surface area contributed by atoms with Gasteiger partial charge in [0.05, 0.1) is 0 Å². The normalized spacial score (nSPS) is 27.1. The average molecular weight is 274 g/mol. The lowest BCUT2D eigenvalue weighted by atomic mass is 9.75. The first-order valence-electron chi connectivity index (χ1n) is 7.29. The maximum Gasteiger partial charge on any atom is 0.106 e. The van der Waals surface area contributed by atoms with Crippen LogP contribution in [-0.2, 0) is 5.41 Å². The molecule has 1 unspecified atom stereocenters. The van der Waals surface area contributed by atoms with Crippen LogP contribution in [0.5, 0.6) is 0 Å². The predicted octanol–water partition coefficient (Wildman–Crippen LogP) is 2.71. The highest BCUT2D eigenvalue weighted by Gasteiger charge is 2.34. The molecular formula is C16H22N2S. The van der Waals surface area contributed by atoms with Crippen LogP contribution in [0.3, 0.4) is 0 Å². The summed E-state index contributed by atoms with van der Waals surface area (Å²) in [5, 5.41) is 3.42. The van der Waals surface area contributed by atoms with Crippen LogP contribution in [0.4, 0.5) is 0 Å². The Balaban J connectivity index is 1.79. The summed E-state index contributed by atoms with van der Waals surface area (Å²) in [7, 11) is 0. The van der Waals surface area contributed by atoms with Gasteiger partial charge in [-0.3, -0.25) is 0 Å². The van der Waals surface area contributed by atoms with E-state index < -0.39 is 0 Å². The maximum atomic E-state index is 5.43. The van der Waals surface area contributed by atoms with Crippen LogP contribution in [0.1, 0.15) is 37.3 Å². The van der Waals surface area contributed by atoms with Crippen molar-refractivity contribution in [3.8, 4) is 0 Å². The lowest BCUT2D eigenvalue weighted by Gasteiger charge is -2.38. The fourth-order valence-electron chi connectivity index (χ4n) is 3.31. The van der Waals surface area contributed by atoms with Gasteiger partial charge in [0.1, 0.15) is 4.99 Å². The monoisotopic (exact) mass is 274 g/mol. The fraction of sp³-hybridized carbons (Fsp3) is 0.562. The Morgan fingerprint density at radius 2 is 2.00 bits per heavy atom. The second-order valence-corrected chi connectivity index (χ2v) is 6.50. The molecule has 0 spiro atoms. The molecule has 0 aromatic heterocycles. The van der Waals surface area contributed by atoms with Crippen molar-refractivity contribution in [1.29, 1.82) is 0 Å². The minimum Gasteiger partial charge on any atom is -0.375 e. The summed E-state index contributed by atoms with van der Waals surface area (Å²) in [6, 6.07) is 8.63. The quantitative estimate of drug-likeness (QED) is 0.853. The summed E-state index contributed by atoms with van der Waals surface area (Å²) in [6.45, 7) is 7.11. The third-order valence-corrected chi connectivity index (χ3v) is 5.00. The number of rotatable bonds is 3. The van der Waals surface area contributed by atoms with Crippen molar-refractivity contribution in [3.05, 3.63) is 35.4 Å². The molecule has 0 radical (unpaired) electrons. The van der Waals surface area contributed by atoms with Gasteiger partial charge in [0.2, 0.25) is 0 Å². The van der Waals surface area contributed by atoms with Crippen molar-refractivity contribution in [3.63, 3.8) is 0 Å². The molecule has 0 bridgehead atoms. The van der Waals surface area contributed by atoms with Gasteiger partial charge < -0.3 is 10.2 Å². The van der Waals surface area contributed by atoms with Crippen molar-refractivity contribution in [2.24, 2.45) is 0 Å². The Morgan fingerprint density at radius 1 is 1.26 bits per heavy atom. The lowest BCUT2D eigenvalue weighted by Crippen LogP contribution is -2.46. The van der Waals surface area contributed by atoms with Gasteiger partial charge in [-0.15, -0.1) is 0 Å². The van der Waals surface area contributed by atoms with Crippen molar-refractivity contribution >= 4 is 17.2 Å². The molecule has 2 aliphatic heterocycles. The van der Waals surface area contributed by atoms with E-state index in [-0.39, 0.29) is 5.41 Å². The summed E-state index contributed by atoms with van der Waals surface area (Å²) in [5.41, 5.74) is 2.87. The summed E-state index contributed by atoms with van der Waals surface area (Å²) in [4.78, 5) is 3.51. The van der Waals surface area contributed by atoms with Crippen LogP contribution < -0.4 is 5.32 Å². The molecule has 1 saturated heterocycles. The zero-order valence-electron chi connectivity index (χ0n) is 11.6. The molecule has 2 heterocycles. The second-order valence-electron chi connectivity index (χ2n) is 6.09. The van der Waals surface area contributed by atoms with E-state index in [0.29, 0.717) is 0 Å². The van der Waals surface area contributed by atoms with Gasteiger partial charge in [0.15, 0.2) is 0 Å². The molecule has 3 rings (SSSR count). The topological polar surface area (TPSA) is 15.3 Å². The number of benzene rings is 1. The Hall–Kier alpha value is -0.930. The molecule has 1 N–H and O–H groups in total. The summed E-state index contributed by atoms with van der Waals surface area (Å²) in [6.07, 6.45) is 3.95. The van der Waals surface area contributed by atoms with Gasteiger partial charge >= 0.3 is 0 Å². The number of nitrogens with zero attached hydrogens (tertiary/aromatic N) is 1. The molecule has 0 aliphatic carbocycles. The minimum atomic E-state index is 0.210. The summed E-state index contributed by atoms with van der Waals surface area (Å²) in [5.74, 6) is 0. The van der Waals surface area contributed by atoms with E-state index >= 15 is 0 Å². The molecule has 1 atom stereocenters. The van der Waals surface area contributed by atoms with Crippen LogP contribution in [0.25, 0.3) is 0 Å². The van der Waals surface area contributed by atoms with E-state index in [0.717, 1.165) is 11.5 Å². The number of hydrogen-bond acceptors (Lipinski definition) is 2. The number of likely N-dealkylation sites (tertiary alicyclic amines) is 1. The van der Waals surface area contributed by atoms with E-state index in [2.05, 4.69) is 41.4 Å². The predicted molar refractivity (Wildman–Crippen MR) is 83.8 cm³/mol. The zero-order valence-corrected chi connectivity index (χ0v) is 12.4. The van der Waals surface area contributed by atoms with E-state index in [1.165, 1.54) is 50.0 Å². The number of fused-ring (bicyclic) bond motifs is 1. The zero-order chi connectivity index (χ0) is 13.3. The Kier molecular flexibility index (Phi) is 3.59. The molecule has 102 valence electrons. The Morgan fingerprint density at radius 3 is 2.79 bits per heavy atom. The van der Waals surface area contributed by atoms with E-state index in [1.807, 2.05) is 0 Å². The fourth-order valence-corrected chi connectivity index (χ4v) is 3.56. The van der Waals surface area contributed by atoms with E-state index in [4.69, 9.17) is 12.2 Å². The number of nitrogens with one attached hydrogen (secondary N) is 1. The Bertz CT molecular complexity index is 479. The molecule has 0 amide bonds. The third-order valence-electron chi connectivity index (χ3n) is 4.64. The van der Waals surface area contributed by atoms with Gasteiger partial charge in [-0.2, -0.15) is 0 Å². The van der Waals surface area contributed by atoms with Crippen LogP contribution in [0, 0.1) is 0 Å². The Labute approximate surface area is 121 Å². The smallest absolute Gasteiger partial charge is 0.106 e. The molecule has 19 heavy (non-hydrogen) atoms. The molecule has 1 aromatic carbocycles. The van der Waals surface area contributed by atoms with Crippen molar-refractivity contribution in [2.45, 2.75) is 31.6 Å². The SMILES string of the molecule is CC1(CCN2CCCC2)CNC(=S)c2ccccc21. The second kappa shape index (κ2) is 5.22. The average Bonchev–Trinajstić information content (AvgIpc) is 2.95. The third kappa shape index (κ3) is 2.54. The van der Waals surface area contributed by atoms with Crippen LogP contribution in [0.15, 0.2) is 24.3 Å². The number of hydrogen-bond donors (Lipinski definition) is 1. The molecule has 3 heteroatoms. The number of thiocarbonyl (C=S) groups is 1. The molecule has 1 fully saturated rings. The highest BCUT2D eigenvalue weighted by Crippen LogP contribution is 2.33. The molecule has 2 nitrogen and oxygen atoms in total. The van der Waals surface area contributed by atoms with Crippen LogP contribution in [-0.4, -0.2) is 36.1 Å². The highest BCUT2D eigenvalue weighted by molar-refractivity contribution is 7.80. The van der Waals surface area contributed by atoms with E-state index in [1.54, 1.807) is 0 Å². The standard InChI is InChI=1S/C16H22N2S/c1-16(8-11-18-9-4-5-10-18)12-17-15(19)13-6-2-3-7-14(13)16/h2-3,6-7H,4-5,8-12H2,1H3,(H,17,19). The first kappa shape index (κ1) is 13.1. The minimum absolute atomic E-state index is 0.210. The summed E-state index contributed by atoms with van der Waals surface area (Å²) < 4.78 is 0. The molecule has 2 aliphatic rings. The summed E-state index contributed by atoms with van der Waals surface area (Å²) >= 11 is 5.43. The van der Waals surface area contributed by atoms with Gasteiger partial charge in [-0.1, -0.05) is 43.4 Å². The largest absolute Gasteiger partial charge is 0.375 e. The molecular weight excluding hydrogens is 252 g/mol. The molecule has 1 aromatic rings. The van der Waals surface area contributed by atoms with E-state index in [9.17, 15) is 0 Å². The van der Waals surface area contributed by atoms with Gasteiger partial charge in [0.25, 0.3) is 0 Å².